The predicted octanol–water partition coefficient (Wildman–Crippen LogP) is 1.92. The number of hydrogen-bond acceptors (Lipinski definition) is 6. The summed E-state index contributed by atoms with van der Waals surface area (Å²) in [4.78, 5) is 40.3. The fourth-order valence-electron chi connectivity index (χ4n) is 4.10. The molecule has 1 aromatic carbocycles. The van der Waals surface area contributed by atoms with Crippen LogP contribution < -0.4 is 15.1 Å². The molecule has 30 heavy (non-hydrogen) atoms. The van der Waals surface area contributed by atoms with Crippen LogP contribution in [-0.4, -0.2) is 66.0 Å². The minimum absolute atomic E-state index is 0.0191. The predicted molar refractivity (Wildman–Crippen MR) is 117 cm³/mol. The molecule has 3 heterocycles. The molecule has 158 valence electrons. The lowest BCUT2D eigenvalue weighted by atomic mass is 10.1. The molecule has 1 aromatic heterocycles. The zero-order valence-corrected chi connectivity index (χ0v) is 17.5. The number of piperazine rings is 1. The molecule has 4 rings (SSSR count). The maximum Gasteiger partial charge on any atom is 0.228 e. The molecule has 1 unspecified atom stereocenters. The van der Waals surface area contributed by atoms with Gasteiger partial charge in [0.25, 0.3) is 0 Å². The highest BCUT2D eigenvalue weighted by molar-refractivity contribution is 6.00. The molecule has 0 bridgehead atoms. The van der Waals surface area contributed by atoms with Crippen molar-refractivity contribution in [1.29, 1.82) is 0 Å². The standard InChI is InChI=1S/C22H28N6O2/c1-3-23-22-24-16(2)13-19(25-22)26-9-11-27(12-10-26)21(30)17-14-20(29)28(15-17)18-7-5-4-6-8-18/h4-8,13,17H,3,9-12,14-15H2,1-2H3,(H,23,24,25). The van der Waals surface area contributed by atoms with Crippen LogP contribution in [0.3, 0.4) is 0 Å². The van der Waals surface area contributed by atoms with Gasteiger partial charge in [-0.3, -0.25) is 9.59 Å². The summed E-state index contributed by atoms with van der Waals surface area (Å²) in [5, 5.41) is 3.16. The fourth-order valence-corrected chi connectivity index (χ4v) is 4.10. The number of aromatic nitrogens is 2. The third-order valence-corrected chi connectivity index (χ3v) is 5.63. The van der Waals surface area contributed by atoms with Crippen LogP contribution in [0, 0.1) is 12.8 Å². The van der Waals surface area contributed by atoms with Gasteiger partial charge in [0.2, 0.25) is 17.8 Å². The zero-order chi connectivity index (χ0) is 21.1. The van der Waals surface area contributed by atoms with E-state index in [4.69, 9.17) is 0 Å². The number of carbonyl (C=O) groups excluding carboxylic acids is 2. The average molecular weight is 409 g/mol. The van der Waals surface area contributed by atoms with Crippen molar-refractivity contribution in [3.63, 3.8) is 0 Å². The lowest BCUT2D eigenvalue weighted by Gasteiger charge is -2.36. The van der Waals surface area contributed by atoms with Gasteiger partial charge >= 0.3 is 0 Å². The maximum absolute atomic E-state index is 13.1. The largest absolute Gasteiger partial charge is 0.354 e. The molecule has 2 aliphatic heterocycles. The van der Waals surface area contributed by atoms with E-state index >= 15 is 0 Å². The van der Waals surface area contributed by atoms with Crippen molar-refractivity contribution in [1.82, 2.24) is 14.9 Å². The molecule has 2 fully saturated rings. The summed E-state index contributed by atoms with van der Waals surface area (Å²) in [6, 6.07) is 11.5. The number of rotatable bonds is 5. The van der Waals surface area contributed by atoms with E-state index in [-0.39, 0.29) is 24.2 Å². The Morgan fingerprint density at radius 3 is 2.57 bits per heavy atom. The Balaban J connectivity index is 1.36. The van der Waals surface area contributed by atoms with Crippen LogP contribution in [-0.2, 0) is 9.59 Å². The molecule has 0 spiro atoms. The molecular formula is C22H28N6O2. The van der Waals surface area contributed by atoms with Gasteiger partial charge in [0, 0.05) is 63.1 Å². The Labute approximate surface area is 176 Å². The minimum atomic E-state index is -0.272. The second kappa shape index (κ2) is 8.69. The number of para-hydroxylation sites is 1. The topological polar surface area (TPSA) is 81.7 Å². The van der Waals surface area contributed by atoms with E-state index in [1.807, 2.05) is 55.1 Å². The molecule has 2 amide bonds. The van der Waals surface area contributed by atoms with E-state index in [1.165, 1.54) is 0 Å². The number of anilines is 3. The molecule has 8 heteroatoms. The molecule has 8 nitrogen and oxygen atoms in total. The number of carbonyl (C=O) groups is 2. The van der Waals surface area contributed by atoms with Crippen molar-refractivity contribution in [2.45, 2.75) is 20.3 Å². The smallest absolute Gasteiger partial charge is 0.228 e. The van der Waals surface area contributed by atoms with Gasteiger partial charge in [0.05, 0.1) is 5.92 Å². The monoisotopic (exact) mass is 408 g/mol. The quantitative estimate of drug-likeness (QED) is 0.814. The Bertz CT molecular complexity index is 911. The van der Waals surface area contributed by atoms with E-state index in [1.54, 1.807) is 4.90 Å². The fraction of sp³-hybridized carbons (Fsp3) is 0.455. The molecule has 0 radical (unpaired) electrons. The molecule has 1 N–H and O–H groups in total. The van der Waals surface area contributed by atoms with E-state index in [9.17, 15) is 9.59 Å². The number of benzene rings is 1. The van der Waals surface area contributed by atoms with Crippen LogP contribution in [0.2, 0.25) is 0 Å². The van der Waals surface area contributed by atoms with Gasteiger partial charge in [-0.15, -0.1) is 0 Å². The van der Waals surface area contributed by atoms with E-state index in [0.717, 1.165) is 36.8 Å². The van der Waals surface area contributed by atoms with Gasteiger partial charge in [0.1, 0.15) is 5.82 Å². The summed E-state index contributed by atoms with van der Waals surface area (Å²) < 4.78 is 0. The minimum Gasteiger partial charge on any atom is -0.354 e. The van der Waals surface area contributed by atoms with E-state index in [0.29, 0.717) is 25.6 Å². The molecule has 0 saturated carbocycles. The highest BCUT2D eigenvalue weighted by Gasteiger charge is 2.38. The Hall–Kier alpha value is -3.16. The molecular weight excluding hydrogens is 380 g/mol. The Kier molecular flexibility index (Phi) is 5.83. The first-order valence-electron chi connectivity index (χ1n) is 10.5. The van der Waals surface area contributed by atoms with Gasteiger partial charge < -0.3 is 20.0 Å². The first-order chi connectivity index (χ1) is 14.5. The lowest BCUT2D eigenvalue weighted by molar-refractivity contribution is -0.136. The van der Waals surface area contributed by atoms with Crippen molar-refractivity contribution in [2.75, 3.05) is 54.4 Å². The summed E-state index contributed by atoms with van der Waals surface area (Å²) in [5.74, 6) is 1.35. The van der Waals surface area contributed by atoms with Crippen LogP contribution >= 0.6 is 0 Å². The van der Waals surface area contributed by atoms with Crippen molar-refractivity contribution >= 4 is 29.3 Å². The summed E-state index contributed by atoms with van der Waals surface area (Å²) in [7, 11) is 0. The van der Waals surface area contributed by atoms with E-state index in [2.05, 4.69) is 20.2 Å². The van der Waals surface area contributed by atoms with Crippen LogP contribution in [0.15, 0.2) is 36.4 Å². The lowest BCUT2D eigenvalue weighted by Crippen LogP contribution is -2.51. The van der Waals surface area contributed by atoms with Gasteiger partial charge in [-0.05, 0) is 26.0 Å². The third-order valence-electron chi connectivity index (χ3n) is 5.63. The normalized spacial score (nSPS) is 19.3. The van der Waals surface area contributed by atoms with Crippen molar-refractivity contribution in [2.24, 2.45) is 5.92 Å². The zero-order valence-electron chi connectivity index (χ0n) is 17.5. The van der Waals surface area contributed by atoms with Gasteiger partial charge in [-0.2, -0.15) is 4.98 Å². The van der Waals surface area contributed by atoms with Crippen molar-refractivity contribution in [3.05, 3.63) is 42.1 Å². The number of hydrogen-bond donors (Lipinski definition) is 1. The van der Waals surface area contributed by atoms with Crippen LogP contribution in [0.25, 0.3) is 0 Å². The molecule has 2 aliphatic rings. The summed E-state index contributed by atoms with van der Waals surface area (Å²) in [5.41, 5.74) is 1.78. The first-order valence-corrected chi connectivity index (χ1v) is 10.5. The average Bonchev–Trinajstić information content (AvgIpc) is 3.15. The molecule has 1 atom stereocenters. The first kappa shape index (κ1) is 20.1. The highest BCUT2D eigenvalue weighted by atomic mass is 16.2. The van der Waals surface area contributed by atoms with Gasteiger partial charge in [0.15, 0.2) is 0 Å². The van der Waals surface area contributed by atoms with Crippen LogP contribution in [0.4, 0.5) is 17.5 Å². The Morgan fingerprint density at radius 2 is 1.87 bits per heavy atom. The van der Waals surface area contributed by atoms with E-state index < -0.39 is 0 Å². The van der Waals surface area contributed by atoms with Crippen LogP contribution in [0.5, 0.6) is 0 Å². The maximum atomic E-state index is 13.1. The van der Waals surface area contributed by atoms with Gasteiger partial charge in [-0.25, -0.2) is 4.98 Å². The number of amides is 2. The van der Waals surface area contributed by atoms with Crippen molar-refractivity contribution in [3.8, 4) is 0 Å². The molecule has 0 aliphatic carbocycles. The summed E-state index contributed by atoms with van der Waals surface area (Å²) in [6.07, 6.45) is 0.283. The number of nitrogens with zero attached hydrogens (tertiary/aromatic N) is 5. The molecule has 2 aromatic rings. The molecule has 2 saturated heterocycles. The summed E-state index contributed by atoms with van der Waals surface area (Å²) >= 11 is 0. The third kappa shape index (κ3) is 4.22. The SMILES string of the molecule is CCNc1nc(C)cc(N2CCN(C(=O)C3CC(=O)N(c4ccccc4)C3)CC2)n1. The number of aryl methyl sites for hydroxylation is 1. The summed E-state index contributed by atoms with van der Waals surface area (Å²) in [6.45, 7) is 7.91. The second-order valence-corrected chi connectivity index (χ2v) is 7.77. The number of nitrogens with one attached hydrogen (secondary N) is 1. The second-order valence-electron chi connectivity index (χ2n) is 7.77. The van der Waals surface area contributed by atoms with Gasteiger partial charge in [-0.1, -0.05) is 18.2 Å². The van der Waals surface area contributed by atoms with Crippen molar-refractivity contribution < 1.29 is 9.59 Å². The Morgan fingerprint density at radius 1 is 1.13 bits per heavy atom. The van der Waals surface area contributed by atoms with Crippen LogP contribution in [0.1, 0.15) is 19.0 Å². The highest BCUT2D eigenvalue weighted by Crippen LogP contribution is 2.27.